The molecule has 0 radical (unpaired) electrons. The van der Waals surface area contributed by atoms with Crippen LogP contribution in [0.15, 0.2) is 54.6 Å². The number of halogens is 1. The van der Waals surface area contributed by atoms with E-state index in [0.717, 1.165) is 55.8 Å². The molecule has 0 aromatic heterocycles. The first-order valence-electron chi connectivity index (χ1n) is 12.6. The maximum Gasteiger partial charge on any atom is 0.0851 e. The van der Waals surface area contributed by atoms with Gasteiger partial charge >= 0.3 is 0 Å². The predicted octanol–water partition coefficient (Wildman–Crippen LogP) is 7.81. The fourth-order valence-electron chi connectivity index (χ4n) is 5.68. The van der Waals surface area contributed by atoms with Crippen LogP contribution in [0.5, 0.6) is 0 Å². The summed E-state index contributed by atoms with van der Waals surface area (Å²) < 4.78 is 0. The lowest BCUT2D eigenvalue weighted by Gasteiger charge is -2.37. The van der Waals surface area contributed by atoms with Gasteiger partial charge in [-0.25, -0.2) is 0 Å². The summed E-state index contributed by atoms with van der Waals surface area (Å²) in [6, 6.07) is 22.3. The third-order valence-corrected chi connectivity index (χ3v) is 7.76. The molecule has 172 valence electrons. The van der Waals surface area contributed by atoms with Crippen molar-refractivity contribution in [3.8, 4) is 6.07 Å². The second-order valence-corrected chi connectivity index (χ2v) is 9.88. The quantitative estimate of drug-likeness (QED) is 0.329. The van der Waals surface area contributed by atoms with Crippen molar-refractivity contribution in [1.82, 2.24) is 4.90 Å². The first kappa shape index (κ1) is 24.8. The molecule has 2 aromatic rings. The third-order valence-electron chi connectivity index (χ3n) is 7.51. The van der Waals surface area contributed by atoms with Crippen molar-refractivity contribution in [2.24, 2.45) is 5.92 Å². The first-order chi connectivity index (χ1) is 15.6. The van der Waals surface area contributed by atoms with E-state index in [1.165, 1.54) is 31.2 Å². The molecule has 2 aromatic carbocycles. The molecule has 2 atom stereocenters. The van der Waals surface area contributed by atoms with Gasteiger partial charge in [-0.3, -0.25) is 0 Å². The molecule has 0 saturated heterocycles. The minimum atomic E-state index is -0.397. The van der Waals surface area contributed by atoms with Crippen LogP contribution in [0.4, 0.5) is 0 Å². The Bertz CT molecular complexity index is 836. The van der Waals surface area contributed by atoms with E-state index in [1.54, 1.807) is 0 Å². The number of nitrogens with zero attached hydrogens (tertiary/aromatic N) is 2. The van der Waals surface area contributed by atoms with E-state index in [2.05, 4.69) is 67.3 Å². The fourth-order valence-corrected chi connectivity index (χ4v) is 5.81. The molecule has 0 amide bonds. The molecule has 3 rings (SSSR count). The van der Waals surface area contributed by atoms with Gasteiger partial charge in [-0.1, -0.05) is 80.8 Å². The van der Waals surface area contributed by atoms with E-state index in [4.69, 9.17) is 11.6 Å². The van der Waals surface area contributed by atoms with E-state index in [9.17, 15) is 5.26 Å². The van der Waals surface area contributed by atoms with Crippen LogP contribution < -0.4 is 0 Å². The summed E-state index contributed by atoms with van der Waals surface area (Å²) in [7, 11) is 0. The summed E-state index contributed by atoms with van der Waals surface area (Å²) in [5.41, 5.74) is 2.17. The second-order valence-electron chi connectivity index (χ2n) is 9.44. The van der Waals surface area contributed by atoms with Gasteiger partial charge in [0, 0.05) is 17.6 Å². The molecule has 0 aliphatic heterocycles. The Kier molecular flexibility index (Phi) is 9.64. The zero-order chi connectivity index (χ0) is 22.8. The van der Waals surface area contributed by atoms with Gasteiger partial charge in [0.25, 0.3) is 0 Å². The van der Waals surface area contributed by atoms with Gasteiger partial charge in [-0.15, -0.1) is 0 Å². The van der Waals surface area contributed by atoms with Gasteiger partial charge in [-0.05, 0) is 80.7 Å². The fraction of sp³-hybridized carbons (Fsp3) is 0.552. The van der Waals surface area contributed by atoms with Gasteiger partial charge in [0.2, 0.25) is 0 Å². The maximum atomic E-state index is 10.5. The maximum absolute atomic E-state index is 10.5. The highest BCUT2D eigenvalue weighted by Crippen LogP contribution is 2.45. The van der Waals surface area contributed by atoms with E-state index in [0.29, 0.717) is 12.0 Å². The predicted molar refractivity (Wildman–Crippen MR) is 136 cm³/mol. The molecule has 1 aliphatic carbocycles. The lowest BCUT2D eigenvalue weighted by atomic mass is 9.67. The molecule has 32 heavy (non-hydrogen) atoms. The zero-order valence-corrected chi connectivity index (χ0v) is 20.7. The highest BCUT2D eigenvalue weighted by molar-refractivity contribution is 6.30. The van der Waals surface area contributed by atoms with Crippen molar-refractivity contribution in [1.29, 1.82) is 5.26 Å². The van der Waals surface area contributed by atoms with Crippen LogP contribution in [0.3, 0.4) is 0 Å². The molecule has 1 aliphatic rings. The van der Waals surface area contributed by atoms with Gasteiger partial charge < -0.3 is 4.90 Å². The van der Waals surface area contributed by atoms with Gasteiger partial charge in [-0.2, -0.15) is 5.26 Å². The van der Waals surface area contributed by atoms with Crippen LogP contribution in [0.1, 0.15) is 76.3 Å². The number of hydrogen-bond acceptors (Lipinski definition) is 2. The van der Waals surface area contributed by atoms with Crippen molar-refractivity contribution < 1.29 is 0 Å². The molecular formula is C29H39ClN2. The Morgan fingerprint density at radius 2 is 1.72 bits per heavy atom. The van der Waals surface area contributed by atoms with Gasteiger partial charge in [0.15, 0.2) is 0 Å². The zero-order valence-electron chi connectivity index (χ0n) is 19.9. The highest BCUT2D eigenvalue weighted by Gasteiger charge is 2.42. The Labute approximate surface area is 200 Å². The average Bonchev–Trinajstić information content (AvgIpc) is 3.37. The van der Waals surface area contributed by atoms with Crippen LogP contribution in [-0.4, -0.2) is 24.0 Å². The normalized spacial score (nSPS) is 17.2. The summed E-state index contributed by atoms with van der Waals surface area (Å²) in [5.74, 6) is 0.454. The smallest absolute Gasteiger partial charge is 0.0851 e. The summed E-state index contributed by atoms with van der Waals surface area (Å²) in [5, 5.41) is 11.3. The molecule has 2 unspecified atom stereocenters. The van der Waals surface area contributed by atoms with E-state index in [-0.39, 0.29) is 0 Å². The summed E-state index contributed by atoms with van der Waals surface area (Å²) in [4.78, 5) is 2.67. The van der Waals surface area contributed by atoms with E-state index in [1.807, 2.05) is 12.1 Å². The van der Waals surface area contributed by atoms with Gasteiger partial charge in [0.05, 0.1) is 11.5 Å². The van der Waals surface area contributed by atoms with Crippen molar-refractivity contribution in [2.45, 2.75) is 83.1 Å². The molecule has 1 saturated carbocycles. The number of hydrogen-bond donors (Lipinski definition) is 0. The average molecular weight is 451 g/mol. The van der Waals surface area contributed by atoms with Crippen LogP contribution in [-0.2, 0) is 11.8 Å². The third kappa shape index (κ3) is 6.15. The molecule has 0 spiro atoms. The molecule has 0 bridgehead atoms. The first-order valence-corrected chi connectivity index (χ1v) is 13.0. The van der Waals surface area contributed by atoms with Crippen molar-refractivity contribution in [3.05, 3.63) is 70.7 Å². The van der Waals surface area contributed by atoms with Crippen LogP contribution >= 0.6 is 11.6 Å². The summed E-state index contributed by atoms with van der Waals surface area (Å²) in [6.45, 7) is 6.78. The van der Waals surface area contributed by atoms with Crippen molar-refractivity contribution >= 4 is 11.6 Å². The summed E-state index contributed by atoms with van der Waals surface area (Å²) in [6.07, 6.45) is 10.2. The number of nitriles is 1. The van der Waals surface area contributed by atoms with Crippen molar-refractivity contribution in [3.63, 3.8) is 0 Å². The Morgan fingerprint density at radius 1 is 1.03 bits per heavy atom. The molecule has 0 heterocycles. The topological polar surface area (TPSA) is 27.0 Å². The van der Waals surface area contributed by atoms with E-state index >= 15 is 0 Å². The molecule has 1 fully saturated rings. The Morgan fingerprint density at radius 3 is 2.31 bits per heavy atom. The minimum Gasteiger partial charge on any atom is -0.300 e. The second kappa shape index (κ2) is 12.4. The van der Waals surface area contributed by atoms with Crippen LogP contribution in [0.25, 0.3) is 0 Å². The standard InChI is InChI=1S/C29H39ClN2/c1-3-21-32(22-19-24-10-6-5-7-11-24)28(4-2)18-20-29(23-31,25-12-8-9-13-25)26-14-16-27(30)17-15-26/h5-7,10-11,14-17,25,28H,3-4,8-9,12-13,18-22H2,1-2H3. The molecule has 3 heteroatoms. The monoisotopic (exact) mass is 450 g/mol. The lowest BCUT2D eigenvalue weighted by molar-refractivity contribution is 0.167. The largest absolute Gasteiger partial charge is 0.300 e. The van der Waals surface area contributed by atoms with Crippen LogP contribution in [0.2, 0.25) is 5.02 Å². The molecule has 0 N–H and O–H groups in total. The Balaban J connectivity index is 1.76. The number of rotatable bonds is 12. The SMILES string of the molecule is CCCN(CCc1ccccc1)C(CC)CCC(C#N)(c1ccc(Cl)cc1)C1CCCC1. The lowest BCUT2D eigenvalue weighted by Crippen LogP contribution is -2.40. The van der Waals surface area contributed by atoms with Crippen molar-refractivity contribution in [2.75, 3.05) is 13.1 Å². The van der Waals surface area contributed by atoms with E-state index < -0.39 is 5.41 Å². The molecular weight excluding hydrogens is 412 g/mol. The Hall–Kier alpha value is -1.82. The van der Waals surface area contributed by atoms with Gasteiger partial charge in [0.1, 0.15) is 0 Å². The highest BCUT2D eigenvalue weighted by atomic mass is 35.5. The molecule has 2 nitrogen and oxygen atoms in total. The van der Waals surface area contributed by atoms with Crippen LogP contribution in [0, 0.1) is 17.2 Å². The number of benzene rings is 2. The minimum absolute atomic E-state index is 0.397. The summed E-state index contributed by atoms with van der Waals surface area (Å²) >= 11 is 6.19.